The maximum absolute atomic E-state index is 2.43. The van der Waals surface area contributed by atoms with Crippen molar-refractivity contribution in [2.45, 2.75) is 6.92 Å². The Morgan fingerprint density at radius 1 is 0.320 bits per heavy atom. The van der Waals surface area contributed by atoms with Crippen molar-refractivity contribution in [1.82, 2.24) is 0 Å². The fourth-order valence-corrected chi connectivity index (χ4v) is 7.59. The molecule has 0 N–H and O–H groups in total. The fourth-order valence-electron chi connectivity index (χ4n) is 7.59. The predicted molar refractivity (Wildman–Crippen MR) is 215 cm³/mol. The second-order valence-electron chi connectivity index (χ2n) is 13.0. The van der Waals surface area contributed by atoms with Gasteiger partial charge in [-0.15, -0.1) is 0 Å². The Hall–Kier alpha value is -6.44. The average Bonchev–Trinajstić information content (AvgIpc) is 3.19. The highest BCUT2D eigenvalue weighted by Crippen LogP contribution is 2.50. The number of nitrogens with zero attached hydrogens (tertiary/aromatic N) is 1. The number of hydrogen-bond donors (Lipinski definition) is 0. The van der Waals surface area contributed by atoms with Crippen molar-refractivity contribution in [1.29, 1.82) is 0 Å². The average molecular weight is 638 g/mol. The topological polar surface area (TPSA) is 3.24 Å². The molecule has 0 heterocycles. The van der Waals surface area contributed by atoms with Gasteiger partial charge in [-0.05, 0) is 115 Å². The van der Waals surface area contributed by atoms with Gasteiger partial charge in [0.05, 0.1) is 0 Å². The van der Waals surface area contributed by atoms with Crippen LogP contribution in [-0.2, 0) is 0 Å². The van der Waals surface area contributed by atoms with E-state index in [9.17, 15) is 0 Å². The molecule has 0 aliphatic carbocycles. The summed E-state index contributed by atoms with van der Waals surface area (Å²) >= 11 is 0. The first-order valence-electron chi connectivity index (χ1n) is 17.3. The Labute approximate surface area is 293 Å². The van der Waals surface area contributed by atoms with Gasteiger partial charge in [-0.2, -0.15) is 0 Å². The lowest BCUT2D eigenvalue weighted by molar-refractivity contribution is 1.29. The molecular weight excluding hydrogens is 603 g/mol. The third-order valence-corrected chi connectivity index (χ3v) is 9.88. The smallest absolute Gasteiger partial charge is 0.0468 e. The molecular formula is C49H35N. The van der Waals surface area contributed by atoms with Gasteiger partial charge in [0.15, 0.2) is 0 Å². The summed E-state index contributed by atoms with van der Waals surface area (Å²) in [5.41, 5.74) is 12.0. The standard InChI is InChI=1S/C49H35N/c1-34-26-28-36(29-27-34)45-33-44(35-16-6-2-7-17-35)47(37-18-8-3-9-19-37)49-43-31-30-40(32-46(43)41-24-14-15-25-42(41)48(45)49)50(38-20-10-4-11-21-38)39-22-12-5-13-23-39/h2-33H,1H3. The minimum atomic E-state index is 1.12. The monoisotopic (exact) mass is 637 g/mol. The second-order valence-corrected chi connectivity index (χ2v) is 13.0. The van der Waals surface area contributed by atoms with Crippen molar-refractivity contribution in [2.24, 2.45) is 0 Å². The van der Waals surface area contributed by atoms with E-state index in [0.717, 1.165) is 17.1 Å². The van der Waals surface area contributed by atoms with Crippen LogP contribution < -0.4 is 4.90 Å². The molecule has 1 heteroatoms. The van der Waals surface area contributed by atoms with Crippen LogP contribution in [0, 0.1) is 6.92 Å². The van der Waals surface area contributed by atoms with Crippen LogP contribution in [-0.4, -0.2) is 0 Å². The highest BCUT2D eigenvalue weighted by atomic mass is 15.1. The lowest BCUT2D eigenvalue weighted by atomic mass is 9.81. The highest BCUT2D eigenvalue weighted by molar-refractivity contribution is 6.33. The van der Waals surface area contributed by atoms with Gasteiger partial charge in [0.2, 0.25) is 0 Å². The molecule has 0 fully saturated rings. The largest absolute Gasteiger partial charge is 0.310 e. The van der Waals surface area contributed by atoms with E-state index in [1.807, 2.05) is 0 Å². The lowest BCUT2D eigenvalue weighted by Gasteiger charge is -2.27. The van der Waals surface area contributed by atoms with E-state index in [1.54, 1.807) is 0 Å². The van der Waals surface area contributed by atoms with E-state index in [-0.39, 0.29) is 0 Å². The van der Waals surface area contributed by atoms with E-state index in [1.165, 1.54) is 71.3 Å². The summed E-state index contributed by atoms with van der Waals surface area (Å²) in [5.74, 6) is 0. The van der Waals surface area contributed by atoms with Gasteiger partial charge in [0, 0.05) is 17.1 Å². The first-order valence-corrected chi connectivity index (χ1v) is 17.3. The molecule has 9 aromatic rings. The maximum atomic E-state index is 2.43. The van der Waals surface area contributed by atoms with Crippen molar-refractivity contribution in [2.75, 3.05) is 4.90 Å². The molecule has 9 rings (SSSR count). The van der Waals surface area contributed by atoms with Crippen molar-refractivity contribution >= 4 is 49.4 Å². The van der Waals surface area contributed by atoms with Gasteiger partial charge in [-0.1, -0.05) is 157 Å². The number of aryl methyl sites for hydroxylation is 1. The van der Waals surface area contributed by atoms with Crippen LogP contribution in [0.15, 0.2) is 194 Å². The van der Waals surface area contributed by atoms with Crippen LogP contribution in [0.2, 0.25) is 0 Å². The molecule has 0 spiro atoms. The zero-order valence-electron chi connectivity index (χ0n) is 27.9. The van der Waals surface area contributed by atoms with E-state index < -0.39 is 0 Å². The molecule has 236 valence electrons. The minimum Gasteiger partial charge on any atom is -0.310 e. The zero-order valence-corrected chi connectivity index (χ0v) is 27.9. The number of rotatable bonds is 6. The van der Waals surface area contributed by atoms with Crippen LogP contribution in [0.25, 0.3) is 65.7 Å². The normalized spacial score (nSPS) is 11.3. The van der Waals surface area contributed by atoms with Gasteiger partial charge in [0.25, 0.3) is 0 Å². The van der Waals surface area contributed by atoms with Crippen LogP contribution in [0.1, 0.15) is 5.56 Å². The summed E-state index contributed by atoms with van der Waals surface area (Å²) in [5, 5.41) is 7.54. The summed E-state index contributed by atoms with van der Waals surface area (Å²) in [6, 6.07) is 70.6. The summed E-state index contributed by atoms with van der Waals surface area (Å²) in [6.07, 6.45) is 0. The molecule has 0 bridgehead atoms. The number of hydrogen-bond acceptors (Lipinski definition) is 1. The second kappa shape index (κ2) is 12.5. The SMILES string of the molecule is Cc1ccc(-c2cc(-c3ccccc3)c(-c3ccccc3)c3c4ccc(N(c5ccccc5)c5ccccc5)cc4c4ccccc4c23)cc1. The number of fused-ring (bicyclic) bond motifs is 6. The van der Waals surface area contributed by atoms with E-state index in [2.05, 4.69) is 206 Å². The first kappa shape index (κ1) is 29.7. The van der Waals surface area contributed by atoms with Gasteiger partial charge in [-0.25, -0.2) is 0 Å². The Bertz CT molecular complexity index is 2570. The number of benzene rings is 9. The van der Waals surface area contributed by atoms with E-state index in [4.69, 9.17) is 0 Å². The lowest BCUT2D eigenvalue weighted by Crippen LogP contribution is -2.09. The molecule has 50 heavy (non-hydrogen) atoms. The molecule has 0 unspecified atom stereocenters. The van der Waals surface area contributed by atoms with Crippen molar-refractivity contribution in [3.63, 3.8) is 0 Å². The van der Waals surface area contributed by atoms with Crippen LogP contribution in [0.4, 0.5) is 17.1 Å². The van der Waals surface area contributed by atoms with Crippen molar-refractivity contribution < 1.29 is 0 Å². The van der Waals surface area contributed by atoms with Crippen molar-refractivity contribution in [3.8, 4) is 33.4 Å². The molecule has 0 amide bonds. The molecule has 0 atom stereocenters. The molecule has 0 aliphatic rings. The molecule has 0 aromatic heterocycles. The van der Waals surface area contributed by atoms with E-state index >= 15 is 0 Å². The van der Waals surface area contributed by atoms with Crippen LogP contribution in [0.3, 0.4) is 0 Å². The molecule has 0 aliphatic heterocycles. The highest BCUT2D eigenvalue weighted by Gasteiger charge is 2.22. The summed E-state index contributed by atoms with van der Waals surface area (Å²) < 4.78 is 0. The summed E-state index contributed by atoms with van der Waals surface area (Å²) in [6.45, 7) is 2.16. The Morgan fingerprint density at radius 2 is 0.820 bits per heavy atom. The van der Waals surface area contributed by atoms with Crippen LogP contribution in [0.5, 0.6) is 0 Å². The number of anilines is 3. The Kier molecular flexibility index (Phi) is 7.44. The quantitative estimate of drug-likeness (QED) is 0.164. The van der Waals surface area contributed by atoms with Gasteiger partial charge < -0.3 is 4.90 Å². The van der Waals surface area contributed by atoms with Gasteiger partial charge in [-0.3, -0.25) is 0 Å². The van der Waals surface area contributed by atoms with Gasteiger partial charge >= 0.3 is 0 Å². The van der Waals surface area contributed by atoms with Crippen LogP contribution >= 0.6 is 0 Å². The fraction of sp³-hybridized carbons (Fsp3) is 0.0204. The summed E-state index contributed by atoms with van der Waals surface area (Å²) in [4.78, 5) is 2.36. The minimum absolute atomic E-state index is 1.12. The molecule has 0 saturated carbocycles. The number of para-hydroxylation sites is 2. The van der Waals surface area contributed by atoms with E-state index in [0.29, 0.717) is 0 Å². The van der Waals surface area contributed by atoms with Crippen molar-refractivity contribution in [3.05, 3.63) is 200 Å². The Balaban J connectivity index is 1.47. The molecule has 1 nitrogen and oxygen atoms in total. The Morgan fingerprint density at radius 3 is 1.44 bits per heavy atom. The van der Waals surface area contributed by atoms with Gasteiger partial charge in [0.1, 0.15) is 0 Å². The first-order chi connectivity index (χ1) is 24.7. The predicted octanol–water partition coefficient (Wildman–Crippen LogP) is 13.9. The summed E-state index contributed by atoms with van der Waals surface area (Å²) in [7, 11) is 0. The molecule has 0 saturated heterocycles. The third kappa shape index (κ3) is 5.12. The maximum Gasteiger partial charge on any atom is 0.0468 e. The molecule has 9 aromatic carbocycles. The zero-order chi connectivity index (χ0) is 33.4. The molecule has 0 radical (unpaired) electrons. The third-order valence-electron chi connectivity index (χ3n) is 9.88.